The lowest BCUT2D eigenvalue weighted by Gasteiger charge is -2.08. The number of fused-ring (bicyclic) bond motifs is 1. The van der Waals surface area contributed by atoms with Crippen molar-refractivity contribution in [1.82, 2.24) is 10.2 Å². The van der Waals surface area contributed by atoms with E-state index in [9.17, 15) is 0 Å². The van der Waals surface area contributed by atoms with Crippen LogP contribution in [-0.2, 0) is 0 Å². The molecule has 3 heteroatoms. The monoisotopic (exact) mass is 249 g/mol. The molecular weight excluding hydrogens is 234 g/mol. The Balaban J connectivity index is 2.31. The normalized spacial score (nSPS) is 10.8. The molecule has 19 heavy (non-hydrogen) atoms. The molecule has 2 N–H and O–H groups in total. The Kier molecular flexibility index (Phi) is 2.67. The van der Waals surface area contributed by atoms with Crippen LogP contribution in [0.25, 0.3) is 22.0 Å². The summed E-state index contributed by atoms with van der Waals surface area (Å²) < 4.78 is 0. The Bertz CT molecular complexity index is 763. The van der Waals surface area contributed by atoms with E-state index >= 15 is 0 Å². The molecule has 3 nitrogen and oxygen atoms in total. The predicted molar refractivity (Wildman–Crippen MR) is 78.9 cm³/mol. The van der Waals surface area contributed by atoms with Crippen molar-refractivity contribution in [3.63, 3.8) is 0 Å². The molecule has 0 radical (unpaired) electrons. The van der Waals surface area contributed by atoms with Gasteiger partial charge in [-0.25, -0.2) is 0 Å². The van der Waals surface area contributed by atoms with E-state index < -0.39 is 0 Å². The van der Waals surface area contributed by atoms with Crippen LogP contribution in [0.5, 0.6) is 0 Å². The molecule has 3 rings (SSSR count). The van der Waals surface area contributed by atoms with E-state index in [0.717, 1.165) is 22.0 Å². The third-order valence-corrected chi connectivity index (χ3v) is 3.50. The van der Waals surface area contributed by atoms with E-state index in [2.05, 4.69) is 42.2 Å². The largest absolute Gasteiger partial charge is 0.382 e. The molecule has 0 saturated carbocycles. The summed E-state index contributed by atoms with van der Waals surface area (Å²) >= 11 is 0. The number of benzene rings is 2. The van der Waals surface area contributed by atoms with Gasteiger partial charge in [0.15, 0.2) is 5.82 Å². The molecule has 0 spiro atoms. The van der Waals surface area contributed by atoms with E-state index in [1.807, 2.05) is 24.3 Å². The van der Waals surface area contributed by atoms with Gasteiger partial charge in [0, 0.05) is 16.3 Å². The third-order valence-electron chi connectivity index (χ3n) is 3.50. The zero-order valence-corrected chi connectivity index (χ0v) is 11.0. The number of nitrogen functional groups attached to an aromatic ring is 1. The third kappa shape index (κ3) is 1.93. The first-order valence-corrected chi connectivity index (χ1v) is 6.25. The minimum absolute atomic E-state index is 0.475. The zero-order valence-electron chi connectivity index (χ0n) is 11.0. The summed E-state index contributed by atoms with van der Waals surface area (Å²) in [5.41, 5.74) is 10.4. The number of rotatable bonds is 1. The topological polar surface area (TPSA) is 51.8 Å². The van der Waals surface area contributed by atoms with Crippen LogP contribution in [0.2, 0.25) is 0 Å². The summed E-state index contributed by atoms with van der Waals surface area (Å²) in [6.45, 7) is 4.21. The van der Waals surface area contributed by atoms with Crippen molar-refractivity contribution in [1.29, 1.82) is 0 Å². The first kappa shape index (κ1) is 11.7. The molecular formula is C16H15N3. The Morgan fingerprint density at radius 3 is 2.32 bits per heavy atom. The minimum atomic E-state index is 0.475. The van der Waals surface area contributed by atoms with Crippen molar-refractivity contribution in [2.45, 2.75) is 13.8 Å². The molecule has 0 fully saturated rings. The molecule has 1 aromatic heterocycles. The van der Waals surface area contributed by atoms with Crippen LogP contribution in [0, 0.1) is 13.8 Å². The van der Waals surface area contributed by atoms with Crippen LogP contribution >= 0.6 is 0 Å². The molecule has 0 saturated heterocycles. The SMILES string of the molecule is Cc1ccc(-c2nnc(N)c3ccccc23)cc1C. The summed E-state index contributed by atoms with van der Waals surface area (Å²) in [6, 6.07) is 14.3. The first-order valence-electron chi connectivity index (χ1n) is 6.25. The summed E-state index contributed by atoms with van der Waals surface area (Å²) in [6.07, 6.45) is 0. The average Bonchev–Trinajstić information content (AvgIpc) is 2.43. The van der Waals surface area contributed by atoms with Gasteiger partial charge in [-0.05, 0) is 31.0 Å². The van der Waals surface area contributed by atoms with Crippen molar-refractivity contribution in [3.8, 4) is 11.3 Å². The smallest absolute Gasteiger partial charge is 0.154 e. The van der Waals surface area contributed by atoms with Gasteiger partial charge in [0.25, 0.3) is 0 Å². The van der Waals surface area contributed by atoms with Crippen LogP contribution in [0.15, 0.2) is 42.5 Å². The molecule has 0 aliphatic heterocycles. The Morgan fingerprint density at radius 2 is 1.58 bits per heavy atom. The summed E-state index contributed by atoms with van der Waals surface area (Å²) in [4.78, 5) is 0. The number of aromatic nitrogens is 2. The second-order valence-corrected chi connectivity index (χ2v) is 4.78. The fourth-order valence-corrected chi connectivity index (χ4v) is 2.23. The fraction of sp³-hybridized carbons (Fsp3) is 0.125. The lowest BCUT2D eigenvalue weighted by atomic mass is 10.0. The van der Waals surface area contributed by atoms with Gasteiger partial charge >= 0.3 is 0 Å². The van der Waals surface area contributed by atoms with Crippen molar-refractivity contribution >= 4 is 16.6 Å². The van der Waals surface area contributed by atoms with E-state index in [-0.39, 0.29) is 0 Å². The molecule has 0 aliphatic rings. The van der Waals surface area contributed by atoms with Gasteiger partial charge in [0.05, 0.1) is 0 Å². The number of hydrogen-bond donors (Lipinski definition) is 1. The van der Waals surface area contributed by atoms with E-state index in [1.165, 1.54) is 11.1 Å². The Hall–Kier alpha value is -2.42. The number of hydrogen-bond acceptors (Lipinski definition) is 3. The molecule has 0 bridgehead atoms. The number of nitrogens with zero attached hydrogens (tertiary/aromatic N) is 2. The predicted octanol–water partition coefficient (Wildman–Crippen LogP) is 3.50. The van der Waals surface area contributed by atoms with E-state index in [0.29, 0.717) is 5.82 Å². The minimum Gasteiger partial charge on any atom is -0.382 e. The van der Waals surface area contributed by atoms with Crippen LogP contribution in [0.3, 0.4) is 0 Å². The zero-order chi connectivity index (χ0) is 13.4. The molecule has 0 atom stereocenters. The van der Waals surface area contributed by atoms with Gasteiger partial charge in [-0.2, -0.15) is 0 Å². The molecule has 3 aromatic rings. The van der Waals surface area contributed by atoms with Crippen molar-refractivity contribution in [2.75, 3.05) is 5.73 Å². The second kappa shape index (κ2) is 4.35. The lowest BCUT2D eigenvalue weighted by Crippen LogP contribution is -1.97. The summed E-state index contributed by atoms with van der Waals surface area (Å²) in [5.74, 6) is 0.475. The number of anilines is 1. The van der Waals surface area contributed by atoms with Crippen molar-refractivity contribution in [2.24, 2.45) is 0 Å². The van der Waals surface area contributed by atoms with Gasteiger partial charge in [-0.1, -0.05) is 36.4 Å². The quantitative estimate of drug-likeness (QED) is 0.718. The van der Waals surface area contributed by atoms with Gasteiger partial charge in [0.2, 0.25) is 0 Å². The molecule has 0 amide bonds. The molecule has 1 heterocycles. The lowest BCUT2D eigenvalue weighted by molar-refractivity contribution is 1.07. The molecule has 94 valence electrons. The Morgan fingerprint density at radius 1 is 0.842 bits per heavy atom. The second-order valence-electron chi connectivity index (χ2n) is 4.78. The van der Waals surface area contributed by atoms with E-state index in [1.54, 1.807) is 0 Å². The highest BCUT2D eigenvalue weighted by Gasteiger charge is 2.09. The fourth-order valence-electron chi connectivity index (χ4n) is 2.23. The van der Waals surface area contributed by atoms with Crippen LogP contribution < -0.4 is 5.73 Å². The van der Waals surface area contributed by atoms with Crippen molar-refractivity contribution < 1.29 is 0 Å². The first-order chi connectivity index (χ1) is 9.16. The summed E-state index contributed by atoms with van der Waals surface area (Å²) in [5, 5.41) is 10.3. The summed E-state index contributed by atoms with van der Waals surface area (Å²) in [7, 11) is 0. The average molecular weight is 249 g/mol. The molecule has 2 aromatic carbocycles. The van der Waals surface area contributed by atoms with Gasteiger partial charge in [0.1, 0.15) is 5.69 Å². The van der Waals surface area contributed by atoms with Gasteiger partial charge in [-0.3, -0.25) is 0 Å². The highest BCUT2D eigenvalue weighted by atomic mass is 15.1. The van der Waals surface area contributed by atoms with Crippen LogP contribution in [-0.4, -0.2) is 10.2 Å². The Labute approximate surface area is 112 Å². The van der Waals surface area contributed by atoms with Crippen molar-refractivity contribution in [3.05, 3.63) is 53.6 Å². The maximum atomic E-state index is 5.88. The number of aryl methyl sites for hydroxylation is 2. The highest BCUT2D eigenvalue weighted by Crippen LogP contribution is 2.29. The maximum Gasteiger partial charge on any atom is 0.154 e. The van der Waals surface area contributed by atoms with Gasteiger partial charge < -0.3 is 5.73 Å². The highest BCUT2D eigenvalue weighted by molar-refractivity contribution is 5.99. The standard InChI is InChI=1S/C16H15N3/c1-10-7-8-12(9-11(10)2)15-13-5-3-4-6-14(13)16(17)19-18-15/h3-9H,1-2H3,(H2,17,19). The molecule has 0 aliphatic carbocycles. The van der Waals surface area contributed by atoms with E-state index in [4.69, 9.17) is 5.73 Å². The van der Waals surface area contributed by atoms with Crippen LogP contribution in [0.4, 0.5) is 5.82 Å². The van der Waals surface area contributed by atoms with Gasteiger partial charge in [-0.15, -0.1) is 10.2 Å². The number of nitrogens with two attached hydrogens (primary N) is 1. The molecule has 0 unspecified atom stereocenters. The van der Waals surface area contributed by atoms with Crippen LogP contribution in [0.1, 0.15) is 11.1 Å². The maximum absolute atomic E-state index is 5.88.